The number of carbonyl (C=O) groups excluding carboxylic acids is 1. The maximum atomic E-state index is 12.2. The monoisotopic (exact) mass is 299 g/mol. The molecule has 1 rings (SSSR count). The molecule has 0 aliphatic carbocycles. The van der Waals surface area contributed by atoms with Crippen molar-refractivity contribution in [3.63, 3.8) is 0 Å². The zero-order chi connectivity index (χ0) is 15.4. The van der Waals surface area contributed by atoms with E-state index < -0.39 is 15.4 Å². The third-order valence-corrected chi connectivity index (χ3v) is 4.36. The molecule has 0 aliphatic heterocycles. The minimum atomic E-state index is -3.68. The fourth-order valence-electron chi connectivity index (χ4n) is 1.47. The van der Waals surface area contributed by atoms with E-state index in [4.69, 9.17) is 5.11 Å². The van der Waals surface area contributed by atoms with E-state index in [1.807, 2.05) is 0 Å². The van der Waals surface area contributed by atoms with Gasteiger partial charge in [-0.3, -0.25) is 4.79 Å². The van der Waals surface area contributed by atoms with Crippen LogP contribution in [-0.4, -0.2) is 32.5 Å². The number of aliphatic hydroxyl groups is 1. The number of carbonyl (C=O) groups is 1. The highest BCUT2D eigenvalue weighted by Crippen LogP contribution is 2.16. The molecule has 0 saturated carbocycles. The molecular formula is C14H21NO4S. The van der Waals surface area contributed by atoms with Crippen molar-refractivity contribution >= 4 is 15.8 Å². The van der Waals surface area contributed by atoms with E-state index in [0.717, 1.165) is 0 Å². The van der Waals surface area contributed by atoms with E-state index in [1.54, 1.807) is 32.9 Å². The first-order valence-corrected chi connectivity index (χ1v) is 7.94. The molecule has 0 atom stereocenters. The van der Waals surface area contributed by atoms with Gasteiger partial charge in [-0.2, -0.15) is 0 Å². The number of hydrogen-bond acceptors (Lipinski definition) is 4. The second kappa shape index (κ2) is 6.47. The summed E-state index contributed by atoms with van der Waals surface area (Å²) in [5.74, 6) is -0.0993. The molecule has 1 aromatic carbocycles. The lowest BCUT2D eigenvalue weighted by Crippen LogP contribution is -2.36. The SMILES string of the molecule is CCC(=O)c1cccc(S(=O)(=O)NCC(C)(C)CO)c1. The fraction of sp³-hybridized carbons (Fsp3) is 0.500. The van der Waals surface area contributed by atoms with Crippen molar-refractivity contribution < 1.29 is 18.3 Å². The predicted octanol–water partition coefficient (Wildman–Crippen LogP) is 1.58. The summed E-state index contributed by atoms with van der Waals surface area (Å²) in [4.78, 5) is 11.7. The summed E-state index contributed by atoms with van der Waals surface area (Å²) in [6.07, 6.45) is 0.328. The third-order valence-electron chi connectivity index (χ3n) is 2.96. The Bertz CT molecular complexity index is 579. The van der Waals surface area contributed by atoms with Gasteiger partial charge in [0, 0.05) is 30.6 Å². The number of ketones is 1. The Labute approximate surface area is 120 Å². The average molecular weight is 299 g/mol. The Morgan fingerprint density at radius 3 is 2.55 bits per heavy atom. The van der Waals surface area contributed by atoms with E-state index in [9.17, 15) is 13.2 Å². The van der Waals surface area contributed by atoms with Gasteiger partial charge in [0.25, 0.3) is 0 Å². The van der Waals surface area contributed by atoms with Gasteiger partial charge in [-0.25, -0.2) is 13.1 Å². The maximum Gasteiger partial charge on any atom is 0.240 e. The second-order valence-electron chi connectivity index (χ2n) is 5.45. The predicted molar refractivity (Wildman–Crippen MR) is 77.1 cm³/mol. The minimum absolute atomic E-state index is 0.0607. The molecule has 1 aromatic rings. The van der Waals surface area contributed by atoms with Crippen LogP contribution in [0.15, 0.2) is 29.2 Å². The molecule has 2 N–H and O–H groups in total. The van der Waals surface area contributed by atoms with Gasteiger partial charge in [0.05, 0.1) is 4.90 Å². The van der Waals surface area contributed by atoms with Crippen molar-refractivity contribution in [1.29, 1.82) is 0 Å². The molecule has 0 radical (unpaired) electrons. The summed E-state index contributed by atoms with van der Waals surface area (Å²) in [7, 11) is -3.68. The van der Waals surface area contributed by atoms with Crippen molar-refractivity contribution in [1.82, 2.24) is 4.72 Å². The molecule has 0 aliphatic rings. The molecule has 0 saturated heterocycles. The van der Waals surface area contributed by atoms with Gasteiger partial charge in [-0.1, -0.05) is 32.9 Å². The summed E-state index contributed by atoms with van der Waals surface area (Å²) >= 11 is 0. The molecule has 0 unspecified atom stereocenters. The first-order valence-electron chi connectivity index (χ1n) is 6.45. The Hall–Kier alpha value is -1.24. The van der Waals surface area contributed by atoms with Gasteiger partial charge in [-0.15, -0.1) is 0 Å². The second-order valence-corrected chi connectivity index (χ2v) is 7.22. The third kappa shape index (κ3) is 4.40. The zero-order valence-electron chi connectivity index (χ0n) is 12.0. The highest BCUT2D eigenvalue weighted by Gasteiger charge is 2.22. The Morgan fingerprint density at radius 1 is 1.35 bits per heavy atom. The largest absolute Gasteiger partial charge is 0.396 e. The smallest absolute Gasteiger partial charge is 0.240 e. The van der Waals surface area contributed by atoms with Crippen molar-refractivity contribution in [3.8, 4) is 0 Å². The standard InChI is InChI=1S/C14H21NO4S/c1-4-13(17)11-6-5-7-12(8-11)20(18,19)15-9-14(2,3)10-16/h5-8,15-16H,4,9-10H2,1-3H3. The summed E-state index contributed by atoms with van der Waals surface area (Å²) < 4.78 is 26.8. The molecule has 0 aromatic heterocycles. The lowest BCUT2D eigenvalue weighted by atomic mass is 9.96. The Kier molecular flexibility index (Phi) is 5.44. The molecule has 0 spiro atoms. The maximum absolute atomic E-state index is 12.2. The van der Waals surface area contributed by atoms with Crippen LogP contribution in [0.3, 0.4) is 0 Å². The molecule has 0 heterocycles. The molecule has 0 fully saturated rings. The number of rotatable bonds is 7. The van der Waals surface area contributed by atoms with Crippen LogP contribution in [0.2, 0.25) is 0 Å². The van der Waals surface area contributed by atoms with Gasteiger partial charge in [0.15, 0.2) is 5.78 Å². The van der Waals surface area contributed by atoms with Crippen LogP contribution in [0.5, 0.6) is 0 Å². The van der Waals surface area contributed by atoms with E-state index in [0.29, 0.717) is 12.0 Å². The van der Waals surface area contributed by atoms with E-state index in [-0.39, 0.29) is 23.8 Å². The van der Waals surface area contributed by atoms with Crippen molar-refractivity contribution in [3.05, 3.63) is 29.8 Å². The topological polar surface area (TPSA) is 83.5 Å². The van der Waals surface area contributed by atoms with E-state index in [1.165, 1.54) is 12.1 Å². The van der Waals surface area contributed by atoms with E-state index in [2.05, 4.69) is 4.72 Å². The first kappa shape index (κ1) is 16.8. The van der Waals surface area contributed by atoms with Gasteiger partial charge in [-0.05, 0) is 12.1 Å². The van der Waals surface area contributed by atoms with Gasteiger partial charge in [0.1, 0.15) is 0 Å². The average Bonchev–Trinajstić information content (AvgIpc) is 2.45. The van der Waals surface area contributed by atoms with Crippen molar-refractivity contribution in [2.45, 2.75) is 32.1 Å². The zero-order valence-corrected chi connectivity index (χ0v) is 12.8. The molecule has 20 heavy (non-hydrogen) atoms. The summed E-state index contributed by atoms with van der Waals surface area (Å²) in [5, 5.41) is 9.13. The van der Waals surface area contributed by atoms with E-state index >= 15 is 0 Å². The molecule has 0 amide bonds. The normalized spacial score (nSPS) is 12.4. The number of Topliss-reactive ketones (excluding diaryl/α,β-unsaturated/α-hetero) is 1. The molecule has 6 heteroatoms. The fourth-order valence-corrected chi connectivity index (χ4v) is 2.76. The highest BCUT2D eigenvalue weighted by molar-refractivity contribution is 7.89. The van der Waals surface area contributed by atoms with Crippen molar-refractivity contribution in [2.24, 2.45) is 5.41 Å². The van der Waals surface area contributed by atoms with Crippen LogP contribution in [0.4, 0.5) is 0 Å². The van der Waals surface area contributed by atoms with Gasteiger partial charge < -0.3 is 5.11 Å². The van der Waals surface area contributed by atoms with Crippen LogP contribution in [0.25, 0.3) is 0 Å². The van der Waals surface area contributed by atoms with Crippen LogP contribution < -0.4 is 4.72 Å². The molecule has 0 bridgehead atoms. The Balaban J connectivity index is 2.96. The number of hydrogen-bond donors (Lipinski definition) is 2. The molecule has 112 valence electrons. The first-order chi connectivity index (χ1) is 9.22. The molecular weight excluding hydrogens is 278 g/mol. The van der Waals surface area contributed by atoms with Crippen LogP contribution in [-0.2, 0) is 10.0 Å². The van der Waals surface area contributed by atoms with Crippen molar-refractivity contribution in [2.75, 3.05) is 13.2 Å². The van der Waals surface area contributed by atoms with Crippen LogP contribution >= 0.6 is 0 Å². The van der Waals surface area contributed by atoms with Gasteiger partial charge in [0.2, 0.25) is 10.0 Å². The number of aliphatic hydroxyl groups excluding tert-OH is 1. The van der Waals surface area contributed by atoms with Crippen LogP contribution in [0, 0.1) is 5.41 Å². The summed E-state index contributed by atoms with van der Waals surface area (Å²) in [5.41, 5.74) is -0.152. The van der Waals surface area contributed by atoms with Crippen LogP contribution in [0.1, 0.15) is 37.6 Å². The summed E-state index contributed by atoms with van der Waals surface area (Å²) in [6.45, 7) is 5.24. The lowest BCUT2D eigenvalue weighted by molar-refractivity contribution is 0.0988. The van der Waals surface area contributed by atoms with Gasteiger partial charge >= 0.3 is 0 Å². The number of sulfonamides is 1. The quantitative estimate of drug-likeness (QED) is 0.749. The Morgan fingerprint density at radius 2 is 2.00 bits per heavy atom. The minimum Gasteiger partial charge on any atom is -0.396 e. The number of benzene rings is 1. The highest BCUT2D eigenvalue weighted by atomic mass is 32.2. The summed E-state index contributed by atoms with van der Waals surface area (Å²) in [6, 6.07) is 5.97. The molecule has 5 nitrogen and oxygen atoms in total. The lowest BCUT2D eigenvalue weighted by Gasteiger charge is -2.21. The number of nitrogens with one attached hydrogen (secondary N) is 1.